The number of ether oxygens (including phenoxy) is 3. The lowest BCUT2D eigenvalue weighted by Crippen LogP contribution is -2.30. The van der Waals surface area contributed by atoms with Crippen molar-refractivity contribution in [3.8, 4) is 22.8 Å². The van der Waals surface area contributed by atoms with Crippen LogP contribution < -0.4 is 25.8 Å². The third-order valence-electron chi connectivity index (χ3n) is 6.66. The van der Waals surface area contributed by atoms with Crippen LogP contribution in [-0.2, 0) is 11.3 Å². The van der Waals surface area contributed by atoms with Crippen molar-refractivity contribution in [1.82, 2.24) is 9.47 Å². The molecule has 0 spiro atoms. The zero-order valence-corrected chi connectivity index (χ0v) is 21.6. The highest BCUT2D eigenvalue weighted by atomic mass is 16.5. The first-order chi connectivity index (χ1) is 18.1. The quantitative estimate of drug-likeness (QED) is 0.430. The van der Waals surface area contributed by atoms with Crippen LogP contribution in [0, 0.1) is 0 Å². The molecular weight excluding hydrogens is 466 g/mol. The predicted octanol–water partition coefficient (Wildman–Crippen LogP) is 3.14. The van der Waals surface area contributed by atoms with Gasteiger partial charge in [-0.3, -0.25) is 4.90 Å². The summed E-state index contributed by atoms with van der Waals surface area (Å²) in [5.74, 6) is 0.884. The van der Waals surface area contributed by atoms with E-state index >= 15 is 0 Å². The first kappa shape index (κ1) is 26.1. The Labute approximate surface area is 218 Å². The molecular formula is C30H35N3O4. The molecule has 2 aromatic carbocycles. The summed E-state index contributed by atoms with van der Waals surface area (Å²) in [7, 11) is 2.90. The van der Waals surface area contributed by atoms with E-state index in [1.807, 2.05) is 30.3 Å². The Hall–Kier alpha value is -3.97. The first-order valence-corrected chi connectivity index (χ1v) is 12.5. The minimum atomic E-state index is -0.437. The fraction of sp³-hybridized carbons (Fsp3) is 0.300. The van der Waals surface area contributed by atoms with Gasteiger partial charge in [-0.05, 0) is 85.6 Å². The van der Waals surface area contributed by atoms with Crippen molar-refractivity contribution >= 4 is 18.2 Å². The Morgan fingerprint density at radius 3 is 2.49 bits per heavy atom. The minimum absolute atomic E-state index is 0.385. The second-order valence-electron chi connectivity index (χ2n) is 8.97. The van der Waals surface area contributed by atoms with E-state index in [0.717, 1.165) is 39.7 Å². The number of aromatic nitrogens is 1. The van der Waals surface area contributed by atoms with Crippen LogP contribution in [0.5, 0.6) is 11.5 Å². The molecule has 0 saturated carbocycles. The van der Waals surface area contributed by atoms with Crippen LogP contribution in [0.15, 0.2) is 61.2 Å². The normalized spacial score (nSPS) is 14.6. The number of hydrogen-bond acceptors (Lipinski definition) is 6. The number of allylic oxidation sites excluding steroid dienone is 1. The van der Waals surface area contributed by atoms with Crippen LogP contribution in [-0.4, -0.2) is 55.9 Å². The number of likely N-dealkylation sites (tertiary alicyclic amines) is 1. The number of carbonyl (C=O) groups excluding carboxylic acids is 1. The fourth-order valence-electron chi connectivity index (χ4n) is 4.74. The van der Waals surface area contributed by atoms with Crippen LogP contribution >= 0.6 is 0 Å². The van der Waals surface area contributed by atoms with Crippen molar-refractivity contribution in [2.75, 3.05) is 40.5 Å². The maximum Gasteiger partial charge on any atom is 0.341 e. The first-order valence-electron chi connectivity index (χ1n) is 12.5. The number of esters is 1. The molecule has 0 radical (unpaired) electrons. The van der Waals surface area contributed by atoms with Crippen LogP contribution in [0.3, 0.4) is 0 Å². The van der Waals surface area contributed by atoms with Gasteiger partial charge in [-0.2, -0.15) is 0 Å². The molecule has 0 unspecified atom stereocenters. The van der Waals surface area contributed by atoms with Crippen LogP contribution in [0.25, 0.3) is 23.5 Å². The molecule has 0 bridgehead atoms. The van der Waals surface area contributed by atoms with Crippen molar-refractivity contribution in [3.63, 3.8) is 0 Å². The highest BCUT2D eigenvalue weighted by Crippen LogP contribution is 2.25. The topological polar surface area (TPSA) is 79.0 Å². The molecule has 4 rings (SSSR count). The Morgan fingerprint density at radius 1 is 1.08 bits per heavy atom. The Bertz CT molecular complexity index is 1350. The number of rotatable bonds is 10. The van der Waals surface area contributed by atoms with Gasteiger partial charge in [0.1, 0.15) is 23.7 Å². The third-order valence-corrected chi connectivity index (χ3v) is 6.66. The number of nitrogens with two attached hydrogens (primary N) is 1. The number of nitrogens with zero attached hydrogens (tertiary/aromatic N) is 2. The molecule has 37 heavy (non-hydrogen) atoms. The van der Waals surface area contributed by atoms with E-state index in [0.29, 0.717) is 24.5 Å². The second kappa shape index (κ2) is 12.3. The lowest BCUT2D eigenvalue weighted by Gasteiger charge is -2.15. The molecule has 0 aliphatic carbocycles. The predicted molar refractivity (Wildman–Crippen MR) is 147 cm³/mol. The van der Waals surface area contributed by atoms with Gasteiger partial charge in [0.25, 0.3) is 0 Å². The third kappa shape index (κ3) is 6.06. The lowest BCUT2D eigenvalue weighted by atomic mass is 10.1. The number of carbonyl (C=O) groups is 1. The van der Waals surface area contributed by atoms with E-state index in [2.05, 4.69) is 34.2 Å². The maximum absolute atomic E-state index is 12.1. The minimum Gasteiger partial charge on any atom is -0.496 e. The number of hydrogen-bond donors (Lipinski definition) is 1. The van der Waals surface area contributed by atoms with E-state index in [1.165, 1.54) is 33.0 Å². The van der Waals surface area contributed by atoms with Crippen LogP contribution in [0.1, 0.15) is 28.8 Å². The summed E-state index contributed by atoms with van der Waals surface area (Å²) in [5, 5.41) is 1.84. The zero-order chi connectivity index (χ0) is 26.2. The van der Waals surface area contributed by atoms with Gasteiger partial charge in [0.05, 0.1) is 19.6 Å². The van der Waals surface area contributed by atoms with Crippen LogP contribution in [0.4, 0.5) is 0 Å². The Morgan fingerprint density at radius 2 is 1.84 bits per heavy atom. The molecule has 3 aromatic rings. The summed E-state index contributed by atoms with van der Waals surface area (Å²) in [4.78, 5) is 14.5. The van der Waals surface area contributed by atoms with Gasteiger partial charge < -0.3 is 24.5 Å². The van der Waals surface area contributed by atoms with E-state index in [1.54, 1.807) is 25.5 Å². The van der Waals surface area contributed by atoms with Gasteiger partial charge in [0.15, 0.2) is 0 Å². The van der Waals surface area contributed by atoms with E-state index in [9.17, 15) is 4.79 Å². The van der Waals surface area contributed by atoms with Crippen molar-refractivity contribution in [2.24, 2.45) is 5.73 Å². The van der Waals surface area contributed by atoms with Gasteiger partial charge in [-0.25, -0.2) is 4.79 Å². The summed E-state index contributed by atoms with van der Waals surface area (Å²) < 4.78 is 18.5. The molecule has 2 heterocycles. The molecule has 1 aliphatic heterocycles. The fourth-order valence-corrected chi connectivity index (χ4v) is 4.74. The molecule has 7 heteroatoms. The molecule has 1 aromatic heterocycles. The summed E-state index contributed by atoms with van der Waals surface area (Å²) >= 11 is 0. The van der Waals surface area contributed by atoms with E-state index in [4.69, 9.17) is 19.9 Å². The van der Waals surface area contributed by atoms with Crippen molar-refractivity contribution < 1.29 is 19.0 Å². The standard InChI is InChI=1S/C30H35N3O4/c1-4-7-27-24(20-31)19-28(23-9-11-25(12-10-23)37-17-16-32-14-5-6-15-32)33(27)21-22-8-13-26(30(34)36-3)29(18-22)35-2/h4,7-13,18-20H,1,5-6,14-17,21,31H2,2-3H3/b24-20-,27-7+. The van der Waals surface area contributed by atoms with Crippen molar-refractivity contribution in [2.45, 2.75) is 19.4 Å². The van der Waals surface area contributed by atoms with Gasteiger partial charge in [0.2, 0.25) is 0 Å². The lowest BCUT2D eigenvalue weighted by molar-refractivity contribution is 0.0597. The molecule has 1 aliphatic rings. The summed E-state index contributed by atoms with van der Waals surface area (Å²) in [6, 6.07) is 15.7. The Kier molecular flexibility index (Phi) is 8.69. The monoisotopic (exact) mass is 501 g/mol. The molecule has 0 amide bonds. The van der Waals surface area contributed by atoms with Gasteiger partial charge in [-0.1, -0.05) is 18.7 Å². The maximum atomic E-state index is 12.1. The van der Waals surface area contributed by atoms with Crippen molar-refractivity contribution in [1.29, 1.82) is 0 Å². The van der Waals surface area contributed by atoms with Gasteiger partial charge >= 0.3 is 5.97 Å². The smallest absolute Gasteiger partial charge is 0.341 e. The van der Waals surface area contributed by atoms with Gasteiger partial charge in [0, 0.05) is 30.2 Å². The summed E-state index contributed by atoms with van der Waals surface area (Å²) in [5.41, 5.74) is 9.38. The largest absolute Gasteiger partial charge is 0.496 e. The zero-order valence-electron chi connectivity index (χ0n) is 21.6. The highest BCUT2D eigenvalue weighted by molar-refractivity contribution is 5.92. The molecule has 1 fully saturated rings. The summed E-state index contributed by atoms with van der Waals surface area (Å²) in [6.07, 6.45) is 7.86. The van der Waals surface area contributed by atoms with E-state index in [-0.39, 0.29) is 0 Å². The molecule has 194 valence electrons. The molecule has 0 atom stereocenters. The second-order valence-corrected chi connectivity index (χ2v) is 8.97. The molecule has 2 N–H and O–H groups in total. The number of benzene rings is 2. The van der Waals surface area contributed by atoms with E-state index < -0.39 is 5.97 Å². The molecule has 7 nitrogen and oxygen atoms in total. The number of methoxy groups -OCH3 is 2. The average Bonchev–Trinajstić information content (AvgIpc) is 3.57. The summed E-state index contributed by atoms with van der Waals surface area (Å²) in [6.45, 7) is 8.40. The average molecular weight is 502 g/mol. The SMILES string of the molecule is C=C/C=c1\c(=C/N)cc(-c2ccc(OCCN3CCCC3)cc2)n1Cc1ccc(C(=O)OC)c(OC)c1. The van der Waals surface area contributed by atoms with Crippen molar-refractivity contribution in [3.05, 3.63) is 82.9 Å². The van der Waals surface area contributed by atoms with Crippen LogP contribution in [0.2, 0.25) is 0 Å². The molecule has 1 saturated heterocycles. The van der Waals surface area contributed by atoms with Gasteiger partial charge in [-0.15, -0.1) is 0 Å². The Balaban J connectivity index is 1.63. The highest BCUT2D eigenvalue weighted by Gasteiger charge is 2.15.